The Morgan fingerprint density at radius 2 is 0.984 bits per heavy atom. The molecule has 1 unspecified atom stereocenters. The van der Waals surface area contributed by atoms with Crippen molar-refractivity contribution in [3.8, 4) is 23.7 Å². The Balaban J connectivity index is -0.00000134. The summed E-state index contributed by atoms with van der Waals surface area (Å²) < 4.78 is 44.3. The molecule has 6 fully saturated rings. The molecule has 6 aliphatic heterocycles. The smallest absolute Gasteiger partial charge is 0.252 e. The van der Waals surface area contributed by atoms with Crippen LogP contribution in [0, 0.1) is 67.0 Å². The normalized spacial score (nSPS) is 17.3. The second kappa shape index (κ2) is 56.6. The lowest BCUT2D eigenvalue weighted by Gasteiger charge is -2.43. The third-order valence-electron chi connectivity index (χ3n) is 20.1. The standard InChI is InChI=1S/C15H26N2O.C12H21NO.C10H21NO.C9H17NO2.C9H19NO2.C9H17NO.C9H13N.C8H12N2.C8H15NO.C6H15NO2S.C6H13NO/c1-15(2,3)6-4-5-7-16-8-9-17-10-11-18-13-14(17)12-16;1-12(2,3)6-4-5-7-13-8-10-14-11-9-13;1-9(2,3)8(12)11(7)10(4,5)6;1-9(2,3)7-8(11)10(4)5-6-12-7;1-9(2,3)8(11)10(4)6-7-12-5;1-9(2,3)8(11)10-6-4-5-7-10;1-9(2,3)8-6-4-5-7-10-8;1-8(2,3)7-5-4-6-9-10-7;1-8(2,3)7(10)9-5-4-6-9;1-6(2,3)10(8,9)7(4)5;1-6(2,3)5(8)7-4/h14H,5,7-13H2,1-3H3;5,7-11H2,1-3H3;1-7H3;7H,5-6H2,1-4H3;6-7H2,1-5H3;4-7H2,1-3H3;4-7H,1-3H3;4-6H,1-3H3;4-6H2,1-3H3;1-5H3;1-4H3,(H,7,8)/t14-;;;;;;;;;;/m0........../s1. The van der Waals surface area contributed by atoms with Gasteiger partial charge < -0.3 is 48.8 Å². The predicted molar refractivity (Wildman–Crippen MR) is 527 cm³/mol. The molecule has 26 heteroatoms. The van der Waals surface area contributed by atoms with Gasteiger partial charge in [-0.05, 0) is 132 Å². The number of ether oxygens (including phenoxy) is 4. The van der Waals surface area contributed by atoms with Gasteiger partial charge in [-0.15, -0.1) is 11.8 Å². The Kier molecular flexibility index (Phi) is 55.7. The number of likely N-dealkylation sites (tertiary alicyclic amines) is 2. The minimum absolute atomic E-state index is 0.0790. The maximum atomic E-state index is 11.7. The molecule has 0 spiro atoms. The molecule has 0 saturated carbocycles. The van der Waals surface area contributed by atoms with Gasteiger partial charge in [-0.1, -0.05) is 184 Å². The van der Waals surface area contributed by atoms with E-state index in [-0.39, 0.29) is 89.4 Å². The first-order chi connectivity index (χ1) is 57.4. The molecule has 8 rings (SSSR count). The summed E-state index contributed by atoms with van der Waals surface area (Å²) in [5.74, 6) is 14.2. The van der Waals surface area contributed by atoms with Crippen molar-refractivity contribution in [3.63, 3.8) is 0 Å². The zero-order valence-electron chi connectivity index (χ0n) is 89.0. The van der Waals surface area contributed by atoms with Gasteiger partial charge >= 0.3 is 0 Å². The van der Waals surface area contributed by atoms with E-state index in [4.69, 9.17) is 18.9 Å². The van der Waals surface area contributed by atoms with Crippen molar-refractivity contribution < 1.29 is 56.1 Å². The fourth-order valence-corrected chi connectivity index (χ4v) is 12.9. The average Bonchev–Trinajstić information content (AvgIpc) is 1.33. The summed E-state index contributed by atoms with van der Waals surface area (Å²) in [7, 11) is 8.76. The van der Waals surface area contributed by atoms with Crippen molar-refractivity contribution >= 4 is 45.5 Å². The average molecular weight is 1810 g/mol. The number of nitrogens with zero attached hydrogens (tertiary/aromatic N) is 12. The van der Waals surface area contributed by atoms with Crippen LogP contribution in [0.5, 0.6) is 0 Å². The van der Waals surface area contributed by atoms with E-state index in [1.54, 1.807) is 77.0 Å². The number of rotatable bonds is 8. The highest BCUT2D eigenvalue weighted by Gasteiger charge is 2.38. The first kappa shape index (κ1) is 125. The van der Waals surface area contributed by atoms with Crippen molar-refractivity contribution in [1.82, 2.24) is 64.0 Å². The number of likely N-dealkylation sites (N-methyl/N-ethyl adjacent to an activating group) is 2. The number of morpholine rings is 3. The molecule has 127 heavy (non-hydrogen) atoms. The number of sulfonamides is 1. The van der Waals surface area contributed by atoms with E-state index in [0.717, 1.165) is 116 Å². The number of pyridine rings is 1. The Morgan fingerprint density at radius 1 is 0.528 bits per heavy atom. The minimum atomic E-state index is -3.08. The van der Waals surface area contributed by atoms with Gasteiger partial charge in [0.1, 0.15) is 6.10 Å². The van der Waals surface area contributed by atoms with Crippen LogP contribution in [0.15, 0.2) is 42.7 Å². The van der Waals surface area contributed by atoms with Crippen molar-refractivity contribution in [1.29, 1.82) is 0 Å². The van der Waals surface area contributed by atoms with Crippen molar-refractivity contribution in [2.24, 2.45) is 43.3 Å². The molecule has 1 N–H and O–H groups in total. The van der Waals surface area contributed by atoms with Gasteiger partial charge in [-0.3, -0.25) is 48.5 Å². The van der Waals surface area contributed by atoms with Gasteiger partial charge in [0.2, 0.25) is 39.6 Å². The number of hydrogen-bond donors (Lipinski definition) is 1. The summed E-state index contributed by atoms with van der Waals surface area (Å²) in [5.41, 5.74) is 1.42. The molecule has 0 aromatic carbocycles. The highest BCUT2D eigenvalue weighted by Crippen LogP contribution is 2.28. The lowest BCUT2D eigenvalue weighted by atomic mass is 9.87. The topological polar surface area (TPSA) is 253 Å². The first-order valence-corrected chi connectivity index (χ1v) is 47.5. The number of fused-ring (bicyclic) bond motifs is 1. The van der Waals surface area contributed by atoms with Crippen LogP contribution in [0.3, 0.4) is 0 Å². The van der Waals surface area contributed by atoms with Gasteiger partial charge in [0.25, 0.3) is 5.91 Å². The number of piperazine rings is 1. The number of carbonyl (C=O) groups is 6. The molecular weight excluding hydrogens is 1620 g/mol. The van der Waals surface area contributed by atoms with Crippen LogP contribution in [0.1, 0.15) is 293 Å². The highest BCUT2D eigenvalue weighted by molar-refractivity contribution is 7.90. The second-order valence-corrected chi connectivity index (χ2v) is 48.9. The summed E-state index contributed by atoms with van der Waals surface area (Å²) in [4.78, 5) is 89.4. The quantitative estimate of drug-likeness (QED) is 0.241. The van der Waals surface area contributed by atoms with E-state index in [2.05, 4.69) is 148 Å². The maximum Gasteiger partial charge on any atom is 0.252 e. The molecule has 6 amide bonds. The fourth-order valence-electron chi connectivity index (χ4n) is 11.8. The van der Waals surface area contributed by atoms with Gasteiger partial charge in [-0.25, -0.2) is 12.7 Å². The molecular formula is C101H189N13O12S. The molecule has 6 saturated heterocycles. The molecule has 2 atom stereocenters. The van der Waals surface area contributed by atoms with Crippen LogP contribution >= 0.6 is 0 Å². The van der Waals surface area contributed by atoms with Crippen molar-refractivity contribution in [2.75, 3.05) is 181 Å². The van der Waals surface area contributed by atoms with Crippen LogP contribution in [-0.4, -0.2) is 306 Å². The largest absolute Gasteiger partial charge is 0.383 e. The Bertz CT molecular complexity index is 3630. The van der Waals surface area contributed by atoms with Gasteiger partial charge in [0.05, 0.1) is 50.1 Å². The monoisotopic (exact) mass is 1810 g/mol. The van der Waals surface area contributed by atoms with Gasteiger partial charge in [0, 0.05) is 232 Å². The van der Waals surface area contributed by atoms with Crippen LogP contribution in [0.25, 0.3) is 0 Å². The molecule has 8 heterocycles. The maximum absolute atomic E-state index is 11.7. The van der Waals surface area contributed by atoms with E-state index in [0.29, 0.717) is 44.2 Å². The Hall–Kier alpha value is -6.20. The zero-order chi connectivity index (χ0) is 99.6. The van der Waals surface area contributed by atoms with E-state index >= 15 is 0 Å². The number of amides is 6. The summed E-state index contributed by atoms with van der Waals surface area (Å²) in [6.07, 6.45) is 8.78. The lowest BCUT2D eigenvalue weighted by molar-refractivity contribution is -0.160. The SMILES string of the molecule is CC(C)(C)C#CCCN1CCN2CCOC[C@@H]2C1.CC(C)(C)C#CCCN1CCOCC1.CC(C)(C)C(=O)N1CCC1.CC(C)(C)C(=O)N1CCCC1.CC(C)(C)c1ccccn1.CC(C)(C)c1cccnn1.CN(C(=O)C(C)(C)C)C(C)(C)C.CN(C)S(=O)(=O)C(C)(C)C.CN1CCOC(C(C)(C)C)C1=O.CNC(=O)C(C)(C)C.COCCN(C)C(=O)C(C)(C)C. The van der Waals surface area contributed by atoms with E-state index in [1.807, 2.05) is 200 Å². The van der Waals surface area contributed by atoms with Crippen molar-refractivity contribution in [3.05, 3.63) is 54.1 Å². The first-order valence-electron chi connectivity index (χ1n) is 46.1. The molecule has 0 aliphatic carbocycles. The predicted octanol–water partition coefficient (Wildman–Crippen LogP) is 16.0. The summed E-state index contributed by atoms with van der Waals surface area (Å²) in [6, 6.07) is 10.5. The van der Waals surface area contributed by atoms with E-state index < -0.39 is 14.8 Å². The van der Waals surface area contributed by atoms with Crippen LogP contribution < -0.4 is 5.32 Å². The minimum Gasteiger partial charge on any atom is -0.383 e. The molecule has 2 aromatic heterocycles. The highest BCUT2D eigenvalue weighted by atomic mass is 32.2. The Morgan fingerprint density at radius 3 is 1.29 bits per heavy atom. The fraction of sp³-hybridized carbons (Fsp3) is 0.812. The molecule has 0 bridgehead atoms. The summed E-state index contributed by atoms with van der Waals surface area (Å²) in [5, 5.41) is 10.4. The molecule has 2 aromatic rings. The van der Waals surface area contributed by atoms with Gasteiger partial charge in [-0.2, -0.15) is 10.2 Å². The zero-order valence-corrected chi connectivity index (χ0v) is 89.9. The molecule has 6 aliphatic rings. The number of aromatic nitrogens is 3. The summed E-state index contributed by atoms with van der Waals surface area (Å²) >= 11 is 0. The van der Waals surface area contributed by atoms with Crippen molar-refractivity contribution in [2.45, 2.75) is 315 Å². The van der Waals surface area contributed by atoms with E-state index in [1.165, 1.54) is 36.7 Å². The third kappa shape index (κ3) is 56.3. The lowest BCUT2D eigenvalue weighted by Crippen LogP contribution is -2.58. The third-order valence-corrected chi connectivity index (χ3v) is 22.6. The summed E-state index contributed by atoms with van der Waals surface area (Å²) in [6.45, 7) is 91.1. The van der Waals surface area contributed by atoms with Crippen LogP contribution in [0.2, 0.25) is 0 Å². The molecule has 25 nitrogen and oxygen atoms in total. The van der Waals surface area contributed by atoms with Gasteiger partial charge in [0.15, 0.2) is 0 Å². The van der Waals surface area contributed by atoms with Crippen LogP contribution in [-0.2, 0) is 68.6 Å². The number of hydrogen-bond acceptors (Lipinski definition) is 18. The second-order valence-electron chi connectivity index (χ2n) is 46.0. The van der Waals surface area contributed by atoms with E-state index in [9.17, 15) is 37.2 Å². The Labute approximate surface area is 777 Å². The number of nitrogens with one attached hydrogen (secondary N) is 1. The number of methoxy groups -OCH3 is 1. The molecule has 736 valence electrons. The van der Waals surface area contributed by atoms with Crippen LogP contribution in [0.4, 0.5) is 0 Å². The number of carbonyl (C=O) groups excluding carboxylic acids is 6. The molecule has 0 radical (unpaired) electrons.